The number of unbranched alkanes of at least 4 members (excludes halogenated alkanes) is 4. The maximum Gasteiger partial charge on any atom is 0.000956 e. The summed E-state index contributed by atoms with van der Waals surface area (Å²) in [6, 6.07) is 0. The van der Waals surface area contributed by atoms with Crippen LogP contribution in [0.25, 0.3) is 0 Å². The summed E-state index contributed by atoms with van der Waals surface area (Å²) in [7, 11) is 0. The maximum absolute atomic E-state index is 5.48. The highest BCUT2D eigenvalue weighted by Crippen LogP contribution is 2.19. The molecule has 2 nitrogen and oxygen atoms in total. The number of hydrogen-bond acceptors (Lipinski definition) is 2. The minimum Gasteiger partial charge on any atom is -0.330 e. The fraction of sp³-hybridized carbons (Fsp3) is 1.00. The van der Waals surface area contributed by atoms with E-state index < -0.39 is 0 Å². The monoisotopic (exact) mass is 226 g/mol. The van der Waals surface area contributed by atoms with Crippen LogP contribution in [0.3, 0.4) is 0 Å². The first-order chi connectivity index (χ1) is 7.86. The molecule has 0 aliphatic carbocycles. The summed E-state index contributed by atoms with van der Waals surface area (Å²) in [5.74, 6) is 0.978. The fourth-order valence-electron chi connectivity index (χ4n) is 2.70. The van der Waals surface area contributed by atoms with Crippen molar-refractivity contribution in [1.29, 1.82) is 0 Å². The van der Waals surface area contributed by atoms with Crippen molar-refractivity contribution in [3.63, 3.8) is 0 Å². The molecule has 0 saturated carbocycles. The van der Waals surface area contributed by atoms with Crippen molar-refractivity contribution in [3.8, 4) is 0 Å². The molecule has 2 N–H and O–H groups in total. The lowest BCUT2D eigenvalue weighted by Gasteiger charge is -2.32. The normalized spacial score (nSPS) is 22.5. The lowest BCUT2D eigenvalue weighted by molar-refractivity contribution is 0.169. The number of nitrogens with two attached hydrogens (primary N) is 1. The van der Waals surface area contributed by atoms with Crippen molar-refractivity contribution >= 4 is 0 Å². The second-order valence-electron chi connectivity index (χ2n) is 5.27. The summed E-state index contributed by atoms with van der Waals surface area (Å²) in [6.07, 6.45) is 11.0. The Labute approximate surface area is 102 Å². The third kappa shape index (κ3) is 5.86. The van der Waals surface area contributed by atoms with E-state index in [2.05, 4.69) is 11.8 Å². The van der Waals surface area contributed by atoms with E-state index in [0.717, 1.165) is 12.5 Å². The summed E-state index contributed by atoms with van der Waals surface area (Å²) in [4.78, 5) is 2.68. The number of nitrogens with zero attached hydrogens (tertiary/aromatic N) is 1. The van der Waals surface area contributed by atoms with Crippen LogP contribution in [0.15, 0.2) is 0 Å². The van der Waals surface area contributed by atoms with Crippen LogP contribution in [0.5, 0.6) is 0 Å². The van der Waals surface area contributed by atoms with Crippen LogP contribution in [0.2, 0.25) is 0 Å². The average molecular weight is 226 g/mol. The molecular weight excluding hydrogens is 196 g/mol. The van der Waals surface area contributed by atoms with Crippen molar-refractivity contribution < 1.29 is 0 Å². The Balaban J connectivity index is 1.95. The second kappa shape index (κ2) is 9.00. The van der Waals surface area contributed by atoms with Gasteiger partial charge in [0.2, 0.25) is 0 Å². The first-order valence-electron chi connectivity index (χ1n) is 7.29. The molecule has 0 amide bonds. The van der Waals surface area contributed by atoms with Gasteiger partial charge >= 0.3 is 0 Å². The van der Waals surface area contributed by atoms with Crippen molar-refractivity contribution in [3.05, 3.63) is 0 Å². The number of hydrogen-bond donors (Lipinski definition) is 1. The van der Waals surface area contributed by atoms with Crippen LogP contribution < -0.4 is 5.73 Å². The van der Waals surface area contributed by atoms with Gasteiger partial charge in [-0.15, -0.1) is 0 Å². The summed E-state index contributed by atoms with van der Waals surface area (Å²) in [6.45, 7) is 7.24. The fourth-order valence-corrected chi connectivity index (χ4v) is 2.70. The third-order valence-electron chi connectivity index (χ3n) is 3.86. The Kier molecular flexibility index (Phi) is 7.87. The minimum absolute atomic E-state index is 0.865. The summed E-state index contributed by atoms with van der Waals surface area (Å²) in [5.41, 5.74) is 5.48. The van der Waals surface area contributed by atoms with Crippen molar-refractivity contribution in [2.75, 3.05) is 26.2 Å². The number of rotatable bonds is 8. The van der Waals surface area contributed by atoms with Gasteiger partial charge in [-0.25, -0.2) is 0 Å². The highest BCUT2D eigenvalue weighted by molar-refractivity contribution is 4.71. The average Bonchev–Trinajstić information content (AvgIpc) is 2.34. The van der Waals surface area contributed by atoms with Gasteiger partial charge in [-0.3, -0.25) is 0 Å². The van der Waals surface area contributed by atoms with E-state index >= 15 is 0 Å². The molecule has 0 aromatic carbocycles. The largest absolute Gasteiger partial charge is 0.330 e. The predicted molar refractivity (Wildman–Crippen MR) is 71.6 cm³/mol. The highest BCUT2D eigenvalue weighted by atomic mass is 15.1. The molecule has 2 heteroatoms. The SMILES string of the molecule is CCC1CCCN(CCCCCCCN)C1. The zero-order valence-electron chi connectivity index (χ0n) is 11.1. The predicted octanol–water partition coefficient (Wildman–Crippen LogP) is 3.02. The molecule has 1 rings (SSSR count). The molecular formula is C14H30N2. The molecule has 1 saturated heterocycles. The van der Waals surface area contributed by atoms with E-state index in [1.165, 1.54) is 71.0 Å². The Morgan fingerprint density at radius 2 is 1.88 bits per heavy atom. The smallest absolute Gasteiger partial charge is 0.000956 e. The summed E-state index contributed by atoms with van der Waals surface area (Å²) < 4.78 is 0. The molecule has 0 spiro atoms. The third-order valence-corrected chi connectivity index (χ3v) is 3.86. The summed E-state index contributed by atoms with van der Waals surface area (Å²) >= 11 is 0. The molecule has 0 radical (unpaired) electrons. The van der Waals surface area contributed by atoms with Gasteiger partial charge in [-0.1, -0.05) is 32.6 Å². The molecule has 0 bridgehead atoms. The van der Waals surface area contributed by atoms with E-state index in [1.54, 1.807) is 0 Å². The van der Waals surface area contributed by atoms with E-state index in [-0.39, 0.29) is 0 Å². The van der Waals surface area contributed by atoms with Gasteiger partial charge in [0, 0.05) is 6.54 Å². The zero-order valence-corrected chi connectivity index (χ0v) is 11.1. The number of piperidine rings is 1. The van der Waals surface area contributed by atoms with Gasteiger partial charge in [-0.05, 0) is 51.2 Å². The van der Waals surface area contributed by atoms with Crippen LogP contribution in [0.1, 0.15) is 58.3 Å². The van der Waals surface area contributed by atoms with Gasteiger partial charge in [0.1, 0.15) is 0 Å². The molecule has 0 aromatic heterocycles. The molecule has 1 fully saturated rings. The minimum atomic E-state index is 0.865. The molecule has 1 aliphatic heterocycles. The summed E-state index contributed by atoms with van der Waals surface area (Å²) in [5, 5.41) is 0. The maximum atomic E-state index is 5.48. The molecule has 96 valence electrons. The standard InChI is InChI=1S/C14H30N2/c1-2-14-9-8-12-16(13-14)11-7-5-3-4-6-10-15/h14H,2-13,15H2,1H3. The van der Waals surface area contributed by atoms with E-state index in [4.69, 9.17) is 5.73 Å². The van der Waals surface area contributed by atoms with Crippen LogP contribution in [-0.2, 0) is 0 Å². The van der Waals surface area contributed by atoms with Crippen LogP contribution in [-0.4, -0.2) is 31.1 Å². The molecule has 0 aromatic rings. The number of likely N-dealkylation sites (tertiary alicyclic amines) is 1. The van der Waals surface area contributed by atoms with Crippen LogP contribution >= 0.6 is 0 Å². The quantitative estimate of drug-likeness (QED) is 0.645. The molecule has 1 unspecified atom stereocenters. The molecule has 16 heavy (non-hydrogen) atoms. The van der Waals surface area contributed by atoms with E-state index in [0.29, 0.717) is 0 Å². The lowest BCUT2D eigenvalue weighted by atomic mass is 9.95. The Hall–Kier alpha value is -0.0800. The van der Waals surface area contributed by atoms with E-state index in [9.17, 15) is 0 Å². The van der Waals surface area contributed by atoms with Gasteiger partial charge in [0.15, 0.2) is 0 Å². The lowest BCUT2D eigenvalue weighted by Crippen LogP contribution is -2.35. The van der Waals surface area contributed by atoms with Crippen molar-refractivity contribution in [1.82, 2.24) is 4.90 Å². The second-order valence-corrected chi connectivity index (χ2v) is 5.27. The van der Waals surface area contributed by atoms with E-state index in [1.807, 2.05) is 0 Å². The Bertz CT molecular complexity index is 159. The van der Waals surface area contributed by atoms with Gasteiger partial charge < -0.3 is 10.6 Å². The van der Waals surface area contributed by atoms with Gasteiger partial charge in [-0.2, -0.15) is 0 Å². The molecule has 1 aliphatic rings. The Morgan fingerprint density at radius 1 is 1.12 bits per heavy atom. The zero-order chi connectivity index (χ0) is 11.6. The van der Waals surface area contributed by atoms with Crippen LogP contribution in [0, 0.1) is 5.92 Å². The van der Waals surface area contributed by atoms with Crippen molar-refractivity contribution in [2.24, 2.45) is 11.7 Å². The first kappa shape index (κ1) is 14.0. The topological polar surface area (TPSA) is 29.3 Å². The van der Waals surface area contributed by atoms with Crippen molar-refractivity contribution in [2.45, 2.75) is 58.3 Å². The first-order valence-corrected chi connectivity index (χ1v) is 7.29. The molecule has 1 atom stereocenters. The Morgan fingerprint density at radius 3 is 2.62 bits per heavy atom. The highest BCUT2D eigenvalue weighted by Gasteiger charge is 2.17. The van der Waals surface area contributed by atoms with Crippen LogP contribution in [0.4, 0.5) is 0 Å². The van der Waals surface area contributed by atoms with Gasteiger partial charge in [0.05, 0.1) is 0 Å². The molecule has 1 heterocycles. The van der Waals surface area contributed by atoms with Gasteiger partial charge in [0.25, 0.3) is 0 Å².